The molecule has 0 spiro atoms. The number of nitrogens with one attached hydrogen (secondary N) is 1. The van der Waals surface area contributed by atoms with E-state index in [4.69, 9.17) is 4.74 Å². The summed E-state index contributed by atoms with van der Waals surface area (Å²) < 4.78 is 7.12. The van der Waals surface area contributed by atoms with Crippen molar-refractivity contribution in [1.29, 1.82) is 0 Å². The van der Waals surface area contributed by atoms with Crippen LogP contribution in [0.5, 0.6) is 0 Å². The monoisotopic (exact) mass is 359 g/mol. The van der Waals surface area contributed by atoms with Crippen molar-refractivity contribution in [3.63, 3.8) is 0 Å². The van der Waals surface area contributed by atoms with Gasteiger partial charge in [-0.25, -0.2) is 4.98 Å². The fourth-order valence-electron chi connectivity index (χ4n) is 3.08. The molecule has 26 heavy (non-hydrogen) atoms. The Morgan fingerprint density at radius 1 is 1.15 bits per heavy atom. The second-order valence-corrected chi connectivity index (χ2v) is 6.83. The van der Waals surface area contributed by atoms with E-state index in [0.717, 1.165) is 23.9 Å². The van der Waals surface area contributed by atoms with E-state index >= 15 is 0 Å². The molecule has 1 atom stereocenters. The van der Waals surface area contributed by atoms with Crippen molar-refractivity contribution in [3.8, 4) is 0 Å². The lowest BCUT2D eigenvalue weighted by atomic mass is 10.0. The quantitative estimate of drug-likeness (QED) is 0.731. The summed E-state index contributed by atoms with van der Waals surface area (Å²) in [5.74, 6) is 0.348. The van der Waals surface area contributed by atoms with Gasteiger partial charge in [-0.05, 0) is 45.7 Å². The number of para-hydroxylation sites is 2. The number of ether oxygens (including phenoxy) is 1. The van der Waals surface area contributed by atoms with Gasteiger partial charge in [0.25, 0.3) is 0 Å². The number of esters is 1. The Hall–Kier alpha value is -2.37. The average Bonchev–Trinajstić information content (AvgIpc) is 2.94. The Kier molecular flexibility index (Phi) is 6.77. The second kappa shape index (κ2) is 8.83. The number of benzene rings is 1. The van der Waals surface area contributed by atoms with Gasteiger partial charge in [-0.1, -0.05) is 26.0 Å². The number of nitrogens with zero attached hydrogens (tertiary/aromatic N) is 2. The second-order valence-electron chi connectivity index (χ2n) is 6.83. The Morgan fingerprint density at radius 2 is 1.81 bits per heavy atom. The third kappa shape index (κ3) is 4.62. The molecule has 1 aromatic heterocycles. The minimum absolute atomic E-state index is 0.0128. The summed E-state index contributed by atoms with van der Waals surface area (Å²) in [6.07, 6.45) is 1.42. The summed E-state index contributed by atoms with van der Waals surface area (Å²) in [5.41, 5.74) is 1.65. The van der Waals surface area contributed by atoms with Crippen LogP contribution in [-0.4, -0.2) is 27.5 Å². The highest BCUT2D eigenvalue weighted by molar-refractivity contribution is 5.81. The van der Waals surface area contributed by atoms with E-state index in [1.165, 1.54) is 0 Å². The molecule has 2 rings (SSSR count). The molecule has 1 amide bonds. The lowest BCUT2D eigenvalue weighted by Crippen LogP contribution is -2.34. The summed E-state index contributed by atoms with van der Waals surface area (Å²) >= 11 is 0. The molecule has 6 nitrogen and oxygen atoms in total. The van der Waals surface area contributed by atoms with Crippen LogP contribution < -0.4 is 5.32 Å². The van der Waals surface area contributed by atoms with Crippen LogP contribution in [-0.2, 0) is 20.9 Å². The number of carbonyl (C=O) groups is 2. The van der Waals surface area contributed by atoms with Crippen LogP contribution in [0, 0.1) is 5.92 Å². The minimum atomic E-state index is -0.317. The number of imidazole rings is 1. The highest BCUT2D eigenvalue weighted by atomic mass is 16.5. The number of amides is 1. The van der Waals surface area contributed by atoms with Crippen molar-refractivity contribution in [2.24, 2.45) is 5.92 Å². The van der Waals surface area contributed by atoms with Gasteiger partial charge in [0, 0.05) is 5.92 Å². The van der Waals surface area contributed by atoms with Crippen LogP contribution in [0.4, 0.5) is 0 Å². The molecular weight excluding hydrogens is 330 g/mol. The zero-order valence-electron chi connectivity index (χ0n) is 16.3. The van der Waals surface area contributed by atoms with E-state index in [-0.39, 0.29) is 36.5 Å². The van der Waals surface area contributed by atoms with Crippen LogP contribution in [0.2, 0.25) is 0 Å². The summed E-state index contributed by atoms with van der Waals surface area (Å²) in [6, 6.07) is 7.33. The van der Waals surface area contributed by atoms with E-state index < -0.39 is 0 Å². The molecule has 0 fully saturated rings. The maximum atomic E-state index is 12.4. The Bertz CT molecular complexity index is 763. The molecule has 0 radical (unpaired) electrons. The van der Waals surface area contributed by atoms with Gasteiger partial charge < -0.3 is 14.6 Å². The highest BCUT2D eigenvalue weighted by Gasteiger charge is 2.23. The fraction of sp³-hybridized carbons (Fsp3) is 0.550. The maximum Gasteiger partial charge on any atom is 0.326 e. The molecule has 1 unspecified atom stereocenters. The van der Waals surface area contributed by atoms with Gasteiger partial charge in [0.2, 0.25) is 5.91 Å². The highest BCUT2D eigenvalue weighted by Crippen LogP contribution is 2.22. The Labute approximate surface area is 154 Å². The summed E-state index contributed by atoms with van der Waals surface area (Å²) in [7, 11) is 0. The van der Waals surface area contributed by atoms with Crippen molar-refractivity contribution in [3.05, 3.63) is 30.1 Å². The molecule has 1 heterocycles. The van der Waals surface area contributed by atoms with Gasteiger partial charge in [0.1, 0.15) is 12.4 Å². The smallest absolute Gasteiger partial charge is 0.326 e. The molecule has 0 saturated carbocycles. The van der Waals surface area contributed by atoms with Crippen molar-refractivity contribution >= 4 is 22.9 Å². The van der Waals surface area contributed by atoms with Crippen molar-refractivity contribution in [1.82, 2.24) is 14.9 Å². The zero-order valence-corrected chi connectivity index (χ0v) is 16.3. The number of rotatable bonds is 8. The first-order chi connectivity index (χ1) is 12.4. The van der Waals surface area contributed by atoms with Gasteiger partial charge in [-0.15, -0.1) is 0 Å². The summed E-state index contributed by atoms with van der Waals surface area (Å²) in [4.78, 5) is 29.3. The number of aromatic nitrogens is 2. The predicted octanol–water partition coefficient (Wildman–Crippen LogP) is 3.60. The lowest BCUT2D eigenvalue weighted by Gasteiger charge is -2.19. The zero-order chi connectivity index (χ0) is 19.3. The Balaban J connectivity index is 2.31. The standard InChI is InChI=1S/C20H29N3O3/c1-6-15(7-2)20(25)21-14(5)19-22-16-10-8-9-11-17(16)23(19)12-18(24)26-13(3)4/h8-11,13-15H,6-7,12H2,1-5H3,(H,21,25). The lowest BCUT2D eigenvalue weighted by molar-refractivity contribution is -0.148. The molecule has 1 N–H and O–H groups in total. The molecule has 142 valence electrons. The maximum absolute atomic E-state index is 12.4. The van der Waals surface area contributed by atoms with E-state index in [1.54, 1.807) is 0 Å². The molecule has 1 aromatic carbocycles. The molecule has 2 aromatic rings. The van der Waals surface area contributed by atoms with Crippen molar-refractivity contribution in [2.75, 3.05) is 0 Å². The van der Waals surface area contributed by atoms with E-state index in [9.17, 15) is 9.59 Å². The molecule has 0 aliphatic carbocycles. The first-order valence-electron chi connectivity index (χ1n) is 9.32. The minimum Gasteiger partial charge on any atom is -0.462 e. The van der Waals surface area contributed by atoms with Crippen molar-refractivity contribution in [2.45, 2.75) is 66.2 Å². The fourth-order valence-corrected chi connectivity index (χ4v) is 3.08. The molecule has 6 heteroatoms. The largest absolute Gasteiger partial charge is 0.462 e. The van der Waals surface area contributed by atoms with E-state index in [0.29, 0.717) is 5.82 Å². The van der Waals surface area contributed by atoms with Gasteiger partial charge in [0.15, 0.2) is 0 Å². The molecule has 0 aliphatic heterocycles. The van der Waals surface area contributed by atoms with Crippen molar-refractivity contribution < 1.29 is 14.3 Å². The van der Waals surface area contributed by atoms with Crippen LogP contribution >= 0.6 is 0 Å². The summed E-state index contributed by atoms with van der Waals surface area (Å²) in [6.45, 7) is 9.63. The summed E-state index contributed by atoms with van der Waals surface area (Å²) in [5, 5.41) is 3.04. The van der Waals surface area contributed by atoms with Crippen LogP contribution in [0.15, 0.2) is 24.3 Å². The third-order valence-electron chi connectivity index (χ3n) is 4.44. The predicted molar refractivity (Wildman–Crippen MR) is 102 cm³/mol. The van der Waals surface area contributed by atoms with Crippen LogP contribution in [0.3, 0.4) is 0 Å². The van der Waals surface area contributed by atoms with E-state index in [1.807, 2.05) is 63.5 Å². The molecule has 0 saturated heterocycles. The topological polar surface area (TPSA) is 73.2 Å². The normalized spacial score (nSPS) is 12.6. The first kappa shape index (κ1) is 19.9. The van der Waals surface area contributed by atoms with Gasteiger partial charge in [-0.2, -0.15) is 0 Å². The molecule has 0 aliphatic rings. The SMILES string of the molecule is CCC(CC)C(=O)NC(C)c1nc2ccccc2n1CC(=O)OC(C)C. The first-order valence-corrected chi connectivity index (χ1v) is 9.32. The number of hydrogen-bond acceptors (Lipinski definition) is 4. The average molecular weight is 359 g/mol. The van der Waals surface area contributed by atoms with Gasteiger partial charge in [0.05, 0.1) is 23.2 Å². The van der Waals surface area contributed by atoms with E-state index in [2.05, 4.69) is 10.3 Å². The third-order valence-corrected chi connectivity index (χ3v) is 4.44. The van der Waals surface area contributed by atoms with Gasteiger partial charge in [-0.3, -0.25) is 9.59 Å². The van der Waals surface area contributed by atoms with Gasteiger partial charge >= 0.3 is 5.97 Å². The van der Waals surface area contributed by atoms with Crippen LogP contribution in [0.25, 0.3) is 11.0 Å². The number of fused-ring (bicyclic) bond motifs is 1. The van der Waals surface area contributed by atoms with Crippen LogP contribution in [0.1, 0.15) is 59.3 Å². The Morgan fingerprint density at radius 3 is 2.42 bits per heavy atom. The number of carbonyl (C=O) groups excluding carboxylic acids is 2. The number of hydrogen-bond donors (Lipinski definition) is 1. The molecular formula is C20H29N3O3. The molecule has 0 bridgehead atoms.